The van der Waals surface area contributed by atoms with Crippen molar-refractivity contribution in [3.05, 3.63) is 54.2 Å². The van der Waals surface area contributed by atoms with Crippen LogP contribution in [0.3, 0.4) is 0 Å². The molecule has 0 aliphatic carbocycles. The lowest BCUT2D eigenvalue weighted by Crippen LogP contribution is -2.17. The van der Waals surface area contributed by atoms with Crippen LogP contribution in [0.15, 0.2) is 42.9 Å². The van der Waals surface area contributed by atoms with Gasteiger partial charge in [0.1, 0.15) is 29.4 Å². The molecule has 3 aromatic rings. The summed E-state index contributed by atoms with van der Waals surface area (Å²) in [5.41, 5.74) is 0.816. The molecule has 0 radical (unpaired) electrons. The summed E-state index contributed by atoms with van der Waals surface area (Å²) in [4.78, 5) is 8.51. The highest BCUT2D eigenvalue weighted by Crippen LogP contribution is 2.35. The van der Waals surface area contributed by atoms with Crippen molar-refractivity contribution in [3.8, 4) is 11.5 Å². The molecule has 1 aliphatic heterocycles. The van der Waals surface area contributed by atoms with Crippen LogP contribution in [0, 0.1) is 0 Å². The summed E-state index contributed by atoms with van der Waals surface area (Å²) >= 11 is 0. The average Bonchev–Trinajstić information content (AvgIpc) is 3.15. The van der Waals surface area contributed by atoms with Crippen molar-refractivity contribution >= 4 is 11.5 Å². The third-order valence-electron chi connectivity index (χ3n) is 5.31. The Kier molecular flexibility index (Phi) is 6.85. The van der Waals surface area contributed by atoms with Crippen molar-refractivity contribution in [1.82, 2.24) is 19.7 Å². The summed E-state index contributed by atoms with van der Waals surface area (Å²) in [5, 5.41) is 17.7. The molecule has 0 unspecified atom stereocenters. The first-order valence-electron chi connectivity index (χ1n) is 10.8. The number of ether oxygens (including phenoxy) is 2. The molecule has 2 N–H and O–H groups in total. The second kappa shape index (κ2) is 9.80. The lowest BCUT2D eigenvalue weighted by molar-refractivity contribution is 0.0739. The fraction of sp³-hybridized carbons (Fsp3) is 0.435. The second-order valence-corrected chi connectivity index (χ2v) is 8.47. The molecule has 3 aromatic heterocycles. The molecule has 1 saturated heterocycles. The normalized spacial score (nSPS) is 15.1. The van der Waals surface area contributed by atoms with Crippen LogP contribution in [0.4, 0.5) is 20.3 Å². The van der Waals surface area contributed by atoms with E-state index in [9.17, 15) is 13.9 Å². The molecule has 0 aromatic carbocycles. The highest BCUT2D eigenvalue weighted by molar-refractivity contribution is 5.57. The first kappa shape index (κ1) is 23.1. The van der Waals surface area contributed by atoms with Crippen LogP contribution >= 0.6 is 0 Å². The van der Waals surface area contributed by atoms with Crippen LogP contribution in [-0.2, 0) is 16.9 Å². The maximum absolute atomic E-state index is 12.9. The third-order valence-corrected chi connectivity index (χ3v) is 5.31. The first-order valence-corrected chi connectivity index (χ1v) is 10.8. The number of nitrogens with one attached hydrogen (secondary N) is 1. The van der Waals surface area contributed by atoms with Crippen LogP contribution in [-0.4, -0.2) is 44.5 Å². The van der Waals surface area contributed by atoms with Gasteiger partial charge >= 0.3 is 0 Å². The molecule has 0 saturated carbocycles. The highest BCUT2D eigenvalue weighted by Gasteiger charge is 2.25. The van der Waals surface area contributed by atoms with Gasteiger partial charge in [0.05, 0.1) is 11.9 Å². The summed E-state index contributed by atoms with van der Waals surface area (Å²) in [7, 11) is 0. The van der Waals surface area contributed by atoms with Crippen LogP contribution in [0.2, 0.25) is 0 Å². The number of hydrogen-bond acceptors (Lipinski definition) is 7. The Hall–Kier alpha value is -3.11. The first-order chi connectivity index (χ1) is 15.8. The van der Waals surface area contributed by atoms with Crippen LogP contribution in [0.5, 0.6) is 11.5 Å². The highest BCUT2D eigenvalue weighted by atomic mass is 19.3. The number of anilines is 2. The van der Waals surface area contributed by atoms with E-state index in [4.69, 9.17) is 9.47 Å². The topological polar surface area (TPSA) is 94.3 Å². The summed E-state index contributed by atoms with van der Waals surface area (Å²) < 4.78 is 38.6. The zero-order valence-electron chi connectivity index (χ0n) is 18.5. The molecule has 0 amide bonds. The zero-order chi connectivity index (χ0) is 23.4. The molecular formula is C23H27F2N5O3. The summed E-state index contributed by atoms with van der Waals surface area (Å²) in [6.07, 6.45) is 3.73. The molecule has 0 atom stereocenters. The maximum Gasteiger partial charge on any atom is 0.257 e. The van der Waals surface area contributed by atoms with Gasteiger partial charge in [0.2, 0.25) is 0 Å². The number of nitrogens with zero attached hydrogens (tertiary/aromatic N) is 4. The van der Waals surface area contributed by atoms with Crippen molar-refractivity contribution in [3.63, 3.8) is 0 Å². The van der Waals surface area contributed by atoms with Gasteiger partial charge < -0.3 is 19.9 Å². The van der Waals surface area contributed by atoms with Crippen LogP contribution in [0.1, 0.15) is 44.0 Å². The monoisotopic (exact) mass is 459 g/mol. The number of rotatable bonds is 8. The summed E-state index contributed by atoms with van der Waals surface area (Å²) in [6.45, 7) is 4.04. The quantitative estimate of drug-likeness (QED) is 0.509. The molecule has 1 aliphatic rings. The summed E-state index contributed by atoms with van der Waals surface area (Å²) in [5.74, 6) is 1.55. The van der Waals surface area contributed by atoms with Crippen molar-refractivity contribution in [2.45, 2.75) is 51.2 Å². The van der Waals surface area contributed by atoms with Gasteiger partial charge in [-0.3, -0.25) is 9.67 Å². The van der Waals surface area contributed by atoms with Gasteiger partial charge in [-0.1, -0.05) is 0 Å². The van der Waals surface area contributed by atoms with Gasteiger partial charge in [-0.25, -0.2) is 13.8 Å². The molecule has 4 heterocycles. The predicted molar refractivity (Wildman–Crippen MR) is 118 cm³/mol. The standard InChI is InChI=1S/C23H27F2N5O3/c1-23(2,31)19-11-16(3-7-26-19)28-21-12-17(4-8-27-21)33-18-13-30(14-20(24)25)29-22(18)15-5-9-32-10-6-15/h3-4,7-8,11-13,15,20,31H,5-6,9-10,14H2,1-2H3,(H,26,27,28). The van der Waals surface area contributed by atoms with Crippen molar-refractivity contribution in [2.24, 2.45) is 0 Å². The maximum atomic E-state index is 12.9. The molecule has 4 rings (SSSR count). The predicted octanol–water partition coefficient (Wildman–Crippen LogP) is 4.60. The molecule has 0 spiro atoms. The van der Waals surface area contributed by atoms with E-state index in [1.165, 1.54) is 10.9 Å². The molecule has 10 heteroatoms. The smallest absolute Gasteiger partial charge is 0.257 e. The van der Waals surface area contributed by atoms with E-state index in [0.29, 0.717) is 47.6 Å². The number of hydrogen-bond donors (Lipinski definition) is 2. The minimum atomic E-state index is -2.51. The zero-order valence-corrected chi connectivity index (χ0v) is 18.5. The van der Waals surface area contributed by atoms with Gasteiger partial charge in [0.25, 0.3) is 6.43 Å². The second-order valence-electron chi connectivity index (χ2n) is 8.47. The van der Waals surface area contributed by atoms with E-state index in [2.05, 4.69) is 20.4 Å². The Morgan fingerprint density at radius 3 is 2.70 bits per heavy atom. The van der Waals surface area contributed by atoms with Crippen LogP contribution in [0.25, 0.3) is 0 Å². The minimum Gasteiger partial charge on any atom is -0.454 e. The Morgan fingerprint density at radius 1 is 1.21 bits per heavy atom. The fourth-order valence-corrected chi connectivity index (χ4v) is 3.65. The molecule has 0 bridgehead atoms. The lowest BCUT2D eigenvalue weighted by Gasteiger charge is -2.21. The van der Waals surface area contributed by atoms with E-state index in [0.717, 1.165) is 12.8 Å². The van der Waals surface area contributed by atoms with E-state index >= 15 is 0 Å². The summed E-state index contributed by atoms with van der Waals surface area (Å²) in [6, 6.07) is 6.91. The van der Waals surface area contributed by atoms with Crippen molar-refractivity contribution in [2.75, 3.05) is 18.5 Å². The van der Waals surface area contributed by atoms with Gasteiger partial charge in [-0.2, -0.15) is 5.10 Å². The minimum absolute atomic E-state index is 0.0872. The Bertz CT molecular complexity index is 1080. The number of aliphatic hydroxyl groups is 1. The SMILES string of the molecule is CC(C)(O)c1cc(Nc2cc(Oc3cn(CC(F)F)nc3C3CCOCC3)ccn2)ccn1. The van der Waals surface area contributed by atoms with Gasteiger partial charge in [0, 0.05) is 43.3 Å². The van der Waals surface area contributed by atoms with Crippen LogP contribution < -0.4 is 10.1 Å². The number of aromatic nitrogens is 4. The largest absolute Gasteiger partial charge is 0.454 e. The molecule has 8 nitrogen and oxygen atoms in total. The van der Waals surface area contributed by atoms with Crippen molar-refractivity contribution < 1.29 is 23.4 Å². The Labute approximate surface area is 190 Å². The number of halogens is 2. The number of alkyl halides is 2. The Morgan fingerprint density at radius 2 is 1.97 bits per heavy atom. The fourth-order valence-electron chi connectivity index (χ4n) is 3.65. The molecule has 1 fully saturated rings. The van der Waals surface area contributed by atoms with E-state index in [1.54, 1.807) is 50.5 Å². The average molecular weight is 459 g/mol. The van der Waals surface area contributed by atoms with E-state index < -0.39 is 18.6 Å². The lowest BCUT2D eigenvalue weighted by atomic mass is 9.96. The van der Waals surface area contributed by atoms with Gasteiger partial charge in [0.15, 0.2) is 5.75 Å². The van der Waals surface area contributed by atoms with E-state index in [1.807, 2.05) is 0 Å². The molecular weight excluding hydrogens is 432 g/mol. The molecule has 33 heavy (non-hydrogen) atoms. The Balaban J connectivity index is 1.55. The number of pyridine rings is 2. The van der Waals surface area contributed by atoms with Gasteiger partial charge in [-0.15, -0.1) is 0 Å². The van der Waals surface area contributed by atoms with Gasteiger partial charge in [-0.05, 0) is 44.9 Å². The van der Waals surface area contributed by atoms with Crippen molar-refractivity contribution in [1.29, 1.82) is 0 Å². The van der Waals surface area contributed by atoms with E-state index in [-0.39, 0.29) is 5.92 Å². The third kappa shape index (κ3) is 6.02. The molecule has 176 valence electrons.